The van der Waals surface area contributed by atoms with Gasteiger partial charge in [0.1, 0.15) is 0 Å². The predicted octanol–water partition coefficient (Wildman–Crippen LogP) is 2.66. The molecule has 2 N–H and O–H groups in total. The van der Waals surface area contributed by atoms with Crippen LogP contribution in [0.1, 0.15) is 26.3 Å². The molecule has 2 heterocycles. The van der Waals surface area contributed by atoms with Crippen LogP contribution in [-0.4, -0.2) is 59.5 Å². The van der Waals surface area contributed by atoms with Crippen molar-refractivity contribution >= 4 is 17.5 Å². The summed E-state index contributed by atoms with van der Waals surface area (Å²) in [5.74, 6) is 1.21. The number of anilines is 3. The van der Waals surface area contributed by atoms with Crippen molar-refractivity contribution in [1.82, 2.24) is 20.1 Å². The van der Waals surface area contributed by atoms with Gasteiger partial charge >= 0.3 is 0 Å². The Morgan fingerprint density at radius 2 is 1.85 bits per heavy atom. The summed E-state index contributed by atoms with van der Waals surface area (Å²) in [6, 6.07) is 8.34. The van der Waals surface area contributed by atoms with E-state index >= 15 is 0 Å². The molecule has 1 aliphatic rings. The highest BCUT2D eigenvalue weighted by Gasteiger charge is 2.13. The smallest absolute Gasteiger partial charge is 0.249 e. The molecule has 1 aliphatic heterocycles. The Morgan fingerprint density at radius 1 is 1.12 bits per heavy atom. The Balaban J connectivity index is 1.53. The lowest BCUT2D eigenvalue weighted by Gasteiger charge is -2.26. The van der Waals surface area contributed by atoms with Crippen LogP contribution in [-0.2, 0) is 10.2 Å². The van der Waals surface area contributed by atoms with E-state index in [1.807, 2.05) is 12.1 Å². The van der Waals surface area contributed by atoms with Crippen molar-refractivity contribution in [2.24, 2.45) is 0 Å². The highest BCUT2D eigenvalue weighted by atomic mass is 16.5. The summed E-state index contributed by atoms with van der Waals surface area (Å²) < 4.78 is 5.36. The maximum atomic E-state index is 5.36. The van der Waals surface area contributed by atoms with Crippen LogP contribution in [0.15, 0.2) is 30.5 Å². The molecule has 140 valence electrons. The second kappa shape index (κ2) is 8.42. The lowest BCUT2D eigenvalue weighted by Crippen LogP contribution is -2.39. The molecule has 0 spiro atoms. The summed E-state index contributed by atoms with van der Waals surface area (Å²) in [6.07, 6.45) is 1.65. The first kappa shape index (κ1) is 18.5. The van der Waals surface area contributed by atoms with Gasteiger partial charge in [-0.15, -0.1) is 5.10 Å². The third-order valence-electron chi connectivity index (χ3n) is 4.40. The van der Waals surface area contributed by atoms with Crippen LogP contribution >= 0.6 is 0 Å². The summed E-state index contributed by atoms with van der Waals surface area (Å²) in [5, 5.41) is 14.6. The standard InChI is InChI=1S/C19H28N6O/c1-19(2,3)15-4-6-16(7-5-15)22-18-23-17(14-21-24-18)20-8-9-25-10-12-26-13-11-25/h4-7,14H,8-13H2,1-3H3,(H2,20,22,23,24). The van der Waals surface area contributed by atoms with E-state index in [0.717, 1.165) is 50.9 Å². The zero-order valence-electron chi connectivity index (χ0n) is 15.8. The van der Waals surface area contributed by atoms with Gasteiger partial charge in [0, 0.05) is 31.9 Å². The first-order valence-electron chi connectivity index (χ1n) is 9.12. The Kier molecular flexibility index (Phi) is 6.00. The molecule has 1 saturated heterocycles. The van der Waals surface area contributed by atoms with Crippen molar-refractivity contribution < 1.29 is 4.74 Å². The molecule has 1 fully saturated rings. The van der Waals surface area contributed by atoms with Gasteiger partial charge in [-0.1, -0.05) is 32.9 Å². The average Bonchev–Trinajstić information content (AvgIpc) is 2.63. The zero-order chi connectivity index (χ0) is 18.4. The van der Waals surface area contributed by atoms with Crippen molar-refractivity contribution in [3.8, 4) is 0 Å². The van der Waals surface area contributed by atoms with E-state index in [0.29, 0.717) is 5.95 Å². The van der Waals surface area contributed by atoms with E-state index in [9.17, 15) is 0 Å². The molecule has 0 atom stereocenters. The van der Waals surface area contributed by atoms with Crippen LogP contribution < -0.4 is 10.6 Å². The molecule has 7 nitrogen and oxygen atoms in total. The summed E-state index contributed by atoms with van der Waals surface area (Å²) in [5.41, 5.74) is 2.38. The third kappa shape index (κ3) is 5.37. The number of morpholine rings is 1. The fourth-order valence-corrected chi connectivity index (χ4v) is 2.79. The van der Waals surface area contributed by atoms with E-state index in [-0.39, 0.29) is 5.41 Å². The SMILES string of the molecule is CC(C)(C)c1ccc(Nc2nncc(NCCN3CCOCC3)n2)cc1. The minimum atomic E-state index is 0.140. The Bertz CT molecular complexity index is 692. The van der Waals surface area contributed by atoms with Crippen LogP contribution in [0.2, 0.25) is 0 Å². The quantitative estimate of drug-likeness (QED) is 0.824. The van der Waals surface area contributed by atoms with Gasteiger partial charge in [0.15, 0.2) is 5.82 Å². The van der Waals surface area contributed by atoms with Gasteiger partial charge < -0.3 is 15.4 Å². The van der Waals surface area contributed by atoms with E-state index in [2.05, 4.69) is 63.6 Å². The minimum absolute atomic E-state index is 0.140. The number of rotatable bonds is 6. The molecule has 1 aromatic carbocycles. The van der Waals surface area contributed by atoms with E-state index in [1.54, 1.807) is 6.20 Å². The number of hydrogen-bond acceptors (Lipinski definition) is 7. The van der Waals surface area contributed by atoms with E-state index in [4.69, 9.17) is 4.74 Å². The highest BCUT2D eigenvalue weighted by molar-refractivity contribution is 5.55. The molecular formula is C19H28N6O. The number of nitrogens with zero attached hydrogens (tertiary/aromatic N) is 4. The Hall–Kier alpha value is -2.25. The minimum Gasteiger partial charge on any atom is -0.379 e. The number of hydrogen-bond donors (Lipinski definition) is 2. The second-order valence-electron chi connectivity index (χ2n) is 7.50. The molecule has 1 aromatic heterocycles. The first-order chi connectivity index (χ1) is 12.5. The van der Waals surface area contributed by atoms with Gasteiger partial charge in [-0.25, -0.2) is 0 Å². The molecule has 0 aliphatic carbocycles. The van der Waals surface area contributed by atoms with Crippen LogP contribution in [0, 0.1) is 0 Å². The maximum absolute atomic E-state index is 5.36. The third-order valence-corrected chi connectivity index (χ3v) is 4.40. The lowest BCUT2D eigenvalue weighted by molar-refractivity contribution is 0.0398. The van der Waals surface area contributed by atoms with Crippen molar-refractivity contribution in [3.63, 3.8) is 0 Å². The topological polar surface area (TPSA) is 75.2 Å². The molecule has 0 saturated carbocycles. The molecule has 0 amide bonds. The predicted molar refractivity (Wildman–Crippen MR) is 104 cm³/mol. The highest BCUT2D eigenvalue weighted by Crippen LogP contribution is 2.24. The van der Waals surface area contributed by atoms with Crippen LogP contribution in [0.4, 0.5) is 17.5 Å². The number of benzene rings is 1. The summed E-state index contributed by atoms with van der Waals surface area (Å²) in [6.45, 7) is 12.0. The normalized spacial score (nSPS) is 15.7. The number of nitrogens with one attached hydrogen (secondary N) is 2. The Morgan fingerprint density at radius 3 is 2.54 bits per heavy atom. The summed E-state index contributed by atoms with van der Waals surface area (Å²) in [7, 11) is 0. The monoisotopic (exact) mass is 356 g/mol. The molecule has 3 rings (SSSR count). The molecule has 0 unspecified atom stereocenters. The van der Waals surface area contributed by atoms with Crippen molar-refractivity contribution in [3.05, 3.63) is 36.0 Å². The van der Waals surface area contributed by atoms with Crippen LogP contribution in [0.3, 0.4) is 0 Å². The maximum Gasteiger partial charge on any atom is 0.249 e. The first-order valence-corrected chi connectivity index (χ1v) is 9.12. The van der Waals surface area contributed by atoms with Gasteiger partial charge in [0.05, 0.1) is 19.4 Å². The average molecular weight is 356 g/mol. The largest absolute Gasteiger partial charge is 0.379 e. The van der Waals surface area contributed by atoms with Crippen LogP contribution in [0.5, 0.6) is 0 Å². The molecule has 7 heteroatoms. The van der Waals surface area contributed by atoms with Crippen molar-refractivity contribution in [2.75, 3.05) is 50.0 Å². The second-order valence-corrected chi connectivity index (χ2v) is 7.50. The van der Waals surface area contributed by atoms with Gasteiger partial charge in [0.25, 0.3) is 0 Å². The van der Waals surface area contributed by atoms with Gasteiger partial charge in [0.2, 0.25) is 5.95 Å². The van der Waals surface area contributed by atoms with E-state index in [1.165, 1.54) is 5.56 Å². The van der Waals surface area contributed by atoms with Gasteiger partial charge in [-0.3, -0.25) is 4.90 Å². The van der Waals surface area contributed by atoms with Crippen molar-refractivity contribution in [1.29, 1.82) is 0 Å². The lowest BCUT2D eigenvalue weighted by atomic mass is 9.87. The number of aromatic nitrogens is 3. The molecule has 26 heavy (non-hydrogen) atoms. The molecular weight excluding hydrogens is 328 g/mol. The molecule has 0 bridgehead atoms. The zero-order valence-corrected chi connectivity index (χ0v) is 15.8. The summed E-state index contributed by atoms with van der Waals surface area (Å²) in [4.78, 5) is 6.86. The molecule has 0 radical (unpaired) electrons. The Labute approximate surface area is 155 Å². The number of ether oxygens (including phenoxy) is 1. The summed E-state index contributed by atoms with van der Waals surface area (Å²) >= 11 is 0. The van der Waals surface area contributed by atoms with Crippen LogP contribution in [0.25, 0.3) is 0 Å². The van der Waals surface area contributed by atoms with Crippen molar-refractivity contribution in [2.45, 2.75) is 26.2 Å². The molecule has 2 aromatic rings. The van der Waals surface area contributed by atoms with Gasteiger partial charge in [-0.05, 0) is 23.1 Å². The fourth-order valence-electron chi connectivity index (χ4n) is 2.79. The fraction of sp³-hybridized carbons (Fsp3) is 0.526. The van der Waals surface area contributed by atoms with Gasteiger partial charge in [-0.2, -0.15) is 10.1 Å². The van der Waals surface area contributed by atoms with E-state index < -0.39 is 0 Å².